The minimum Gasteiger partial charge on any atom is -0.430 e. The number of hydrogen-bond donors (Lipinski definition) is 0. The van der Waals surface area contributed by atoms with Crippen molar-refractivity contribution in [3.05, 3.63) is 72.0 Å². The van der Waals surface area contributed by atoms with Gasteiger partial charge in [-0.15, -0.1) is 0 Å². The molecule has 0 unspecified atom stereocenters. The van der Waals surface area contributed by atoms with Gasteiger partial charge < -0.3 is 9.26 Å². The predicted molar refractivity (Wildman–Crippen MR) is 92.5 cm³/mol. The Morgan fingerprint density at radius 1 is 0.957 bits per heavy atom. The first-order valence-corrected chi connectivity index (χ1v) is 9.33. The summed E-state index contributed by atoms with van der Waals surface area (Å²) in [4.78, 5) is 0. The number of nitrogens with zero attached hydrogens (tertiary/aromatic N) is 1. The van der Waals surface area contributed by atoms with Crippen molar-refractivity contribution in [3.8, 4) is 5.75 Å². The Balaban J connectivity index is 1.86. The summed E-state index contributed by atoms with van der Waals surface area (Å²) in [5, 5.41) is 0. The van der Waals surface area contributed by atoms with Crippen LogP contribution in [0.4, 0.5) is 0 Å². The van der Waals surface area contributed by atoms with Crippen molar-refractivity contribution >= 4 is 13.6 Å². The van der Waals surface area contributed by atoms with Crippen LogP contribution >= 0.6 is 7.52 Å². The monoisotopic (exact) mass is 329 g/mol. The third kappa shape index (κ3) is 4.32. The van der Waals surface area contributed by atoms with Crippen LogP contribution in [-0.2, 0) is 9.30 Å². The van der Waals surface area contributed by atoms with Crippen molar-refractivity contribution in [1.29, 1.82) is 0 Å². The summed E-state index contributed by atoms with van der Waals surface area (Å²) in [6, 6.07) is 19.1. The third-order valence-electron chi connectivity index (χ3n) is 3.62. The summed E-state index contributed by atoms with van der Waals surface area (Å²) in [6.45, 7) is 2.34. The highest BCUT2D eigenvalue weighted by atomic mass is 31.2. The van der Waals surface area contributed by atoms with Crippen molar-refractivity contribution in [2.24, 2.45) is 0 Å². The van der Waals surface area contributed by atoms with Gasteiger partial charge in [-0.1, -0.05) is 48.5 Å². The van der Waals surface area contributed by atoms with Crippen LogP contribution in [0.2, 0.25) is 0 Å². The van der Waals surface area contributed by atoms with Crippen molar-refractivity contribution in [2.75, 3.05) is 26.3 Å². The van der Waals surface area contributed by atoms with Crippen LogP contribution < -0.4 is 4.52 Å². The number of morpholine rings is 1. The van der Waals surface area contributed by atoms with E-state index in [0.717, 1.165) is 5.56 Å². The highest BCUT2D eigenvalue weighted by molar-refractivity contribution is 7.60. The predicted octanol–water partition coefficient (Wildman–Crippen LogP) is 4.26. The van der Waals surface area contributed by atoms with Gasteiger partial charge in [-0.25, -0.2) is 4.67 Å². The topological polar surface area (TPSA) is 38.8 Å². The molecule has 4 nitrogen and oxygen atoms in total. The lowest BCUT2D eigenvalue weighted by Gasteiger charge is -2.32. The molecule has 0 aromatic heterocycles. The lowest BCUT2D eigenvalue weighted by molar-refractivity contribution is 0.0691. The molecule has 2 aromatic carbocycles. The molecule has 3 rings (SSSR count). The first kappa shape index (κ1) is 16.0. The van der Waals surface area contributed by atoms with Gasteiger partial charge in [0.2, 0.25) is 0 Å². The molecule has 1 heterocycles. The minimum atomic E-state index is -3.11. The Morgan fingerprint density at radius 3 is 2.22 bits per heavy atom. The molecule has 0 aliphatic carbocycles. The van der Waals surface area contributed by atoms with E-state index in [4.69, 9.17) is 9.26 Å². The molecular weight excluding hydrogens is 309 g/mol. The van der Waals surface area contributed by atoms with Gasteiger partial charge in [0.25, 0.3) is 0 Å². The normalized spacial score (nSPS) is 18.6. The molecule has 1 saturated heterocycles. The zero-order valence-corrected chi connectivity index (χ0v) is 13.8. The summed E-state index contributed by atoms with van der Waals surface area (Å²) < 4.78 is 26.6. The molecule has 0 bridgehead atoms. The lowest BCUT2D eigenvalue weighted by atomic mass is 10.2. The largest absolute Gasteiger partial charge is 0.430 e. The Morgan fingerprint density at radius 2 is 1.57 bits per heavy atom. The van der Waals surface area contributed by atoms with E-state index in [0.29, 0.717) is 32.1 Å². The van der Waals surface area contributed by atoms with E-state index in [1.54, 1.807) is 5.82 Å². The van der Waals surface area contributed by atoms with Crippen LogP contribution in [-0.4, -0.2) is 31.0 Å². The molecule has 0 radical (unpaired) electrons. The van der Waals surface area contributed by atoms with Gasteiger partial charge >= 0.3 is 7.52 Å². The molecule has 1 fully saturated rings. The highest BCUT2D eigenvalue weighted by Gasteiger charge is 2.31. The SMILES string of the molecule is O=[P@@](/C=C/c1ccccc1)(Oc1ccccc1)N1CCOCC1. The van der Waals surface area contributed by atoms with Crippen molar-refractivity contribution < 1.29 is 13.8 Å². The summed E-state index contributed by atoms with van der Waals surface area (Å²) in [5.41, 5.74) is 0.998. The third-order valence-corrected chi connectivity index (χ3v) is 5.80. The number of hydrogen-bond acceptors (Lipinski definition) is 3. The van der Waals surface area contributed by atoms with Gasteiger partial charge in [0.05, 0.1) is 13.2 Å². The first-order valence-electron chi connectivity index (χ1n) is 7.68. The summed E-state index contributed by atoms with van der Waals surface area (Å²) in [5.74, 6) is 2.31. The Labute approximate surface area is 136 Å². The molecule has 2 aromatic rings. The fraction of sp³-hybridized carbons (Fsp3) is 0.222. The van der Waals surface area contributed by atoms with Gasteiger partial charge in [0.15, 0.2) is 0 Å². The Kier molecular flexibility index (Phi) is 5.29. The molecule has 23 heavy (non-hydrogen) atoms. The van der Waals surface area contributed by atoms with E-state index in [1.807, 2.05) is 71.4 Å². The van der Waals surface area contributed by atoms with Gasteiger partial charge in [-0.2, -0.15) is 0 Å². The minimum absolute atomic E-state index is 0.571. The van der Waals surface area contributed by atoms with E-state index < -0.39 is 7.52 Å². The fourth-order valence-corrected chi connectivity index (χ4v) is 4.26. The molecule has 1 aliphatic heterocycles. The van der Waals surface area contributed by atoms with E-state index in [2.05, 4.69) is 0 Å². The molecule has 0 N–H and O–H groups in total. The maximum atomic E-state index is 13.5. The van der Waals surface area contributed by atoms with Crippen LogP contribution in [0.5, 0.6) is 5.75 Å². The quantitative estimate of drug-likeness (QED) is 0.768. The Bertz CT molecular complexity index is 682. The van der Waals surface area contributed by atoms with Gasteiger partial charge in [-0.3, -0.25) is 4.57 Å². The van der Waals surface area contributed by atoms with E-state index in [1.165, 1.54) is 0 Å². The van der Waals surface area contributed by atoms with Crippen LogP contribution in [0.15, 0.2) is 66.5 Å². The van der Waals surface area contributed by atoms with Crippen molar-refractivity contribution in [2.45, 2.75) is 0 Å². The van der Waals surface area contributed by atoms with Crippen LogP contribution in [0.1, 0.15) is 5.56 Å². The number of rotatable bonds is 5. The highest BCUT2D eigenvalue weighted by Crippen LogP contribution is 2.52. The fourth-order valence-electron chi connectivity index (χ4n) is 2.39. The average Bonchev–Trinajstić information content (AvgIpc) is 2.63. The smallest absolute Gasteiger partial charge is 0.342 e. The molecule has 1 atom stereocenters. The summed E-state index contributed by atoms with van der Waals surface area (Å²) in [7, 11) is -3.11. The maximum Gasteiger partial charge on any atom is 0.342 e. The molecule has 1 aliphatic rings. The second-order valence-electron chi connectivity index (χ2n) is 5.26. The van der Waals surface area contributed by atoms with Crippen molar-refractivity contribution in [1.82, 2.24) is 4.67 Å². The Hall–Kier alpha value is -1.87. The van der Waals surface area contributed by atoms with Gasteiger partial charge in [0, 0.05) is 18.9 Å². The molecule has 0 spiro atoms. The summed E-state index contributed by atoms with van der Waals surface area (Å²) in [6.07, 6.45) is 1.86. The van der Waals surface area contributed by atoms with Crippen LogP contribution in [0.25, 0.3) is 6.08 Å². The lowest BCUT2D eigenvalue weighted by Crippen LogP contribution is -2.34. The van der Waals surface area contributed by atoms with Gasteiger partial charge in [0.1, 0.15) is 5.75 Å². The molecule has 5 heteroatoms. The van der Waals surface area contributed by atoms with Crippen LogP contribution in [0, 0.1) is 0 Å². The molecule has 0 saturated carbocycles. The number of para-hydroxylation sites is 1. The standard InChI is InChI=1S/C18H20NO3P/c20-23(19-12-14-21-15-13-19,22-18-9-5-2-6-10-18)16-11-17-7-3-1-4-8-17/h1-11,16H,12-15H2/b16-11+/t23-/m0/s1. The van der Waals surface area contributed by atoms with E-state index in [9.17, 15) is 4.57 Å². The molecule has 120 valence electrons. The molecule has 0 amide bonds. The second kappa shape index (κ2) is 7.60. The average molecular weight is 329 g/mol. The first-order chi connectivity index (χ1) is 11.3. The second-order valence-corrected chi connectivity index (χ2v) is 7.44. The van der Waals surface area contributed by atoms with E-state index in [-0.39, 0.29) is 0 Å². The maximum absolute atomic E-state index is 13.5. The molecular formula is C18H20NO3P. The van der Waals surface area contributed by atoms with Crippen LogP contribution in [0.3, 0.4) is 0 Å². The van der Waals surface area contributed by atoms with Crippen molar-refractivity contribution in [3.63, 3.8) is 0 Å². The van der Waals surface area contributed by atoms with Gasteiger partial charge in [-0.05, 0) is 23.8 Å². The number of benzene rings is 2. The summed E-state index contributed by atoms with van der Waals surface area (Å²) >= 11 is 0. The van der Waals surface area contributed by atoms with E-state index >= 15 is 0 Å². The number of ether oxygens (including phenoxy) is 1. The zero-order chi connectivity index (χ0) is 16.0. The zero-order valence-electron chi connectivity index (χ0n) is 12.9.